The van der Waals surface area contributed by atoms with Crippen LogP contribution >= 0.6 is 0 Å². The monoisotopic (exact) mass is 561 g/mol. The van der Waals surface area contributed by atoms with Crippen LogP contribution in [0.5, 0.6) is 0 Å². The van der Waals surface area contributed by atoms with Gasteiger partial charge >= 0.3 is 18.4 Å². The van der Waals surface area contributed by atoms with Gasteiger partial charge in [0, 0.05) is 36.4 Å². The van der Waals surface area contributed by atoms with Crippen molar-refractivity contribution in [2.24, 2.45) is 0 Å². The lowest BCUT2D eigenvalue weighted by Crippen LogP contribution is -2.53. The van der Waals surface area contributed by atoms with Crippen LogP contribution in [0.2, 0.25) is 0 Å². The third-order valence-corrected chi connectivity index (χ3v) is 8.45. The standard InChI is InChI=1S/C30H25F6NO3/c31-29(32,33)24-10-5-11-25(30(34,35)36)26(24)28(39)14-17-12-13-18(15-28)37(17)27(38)40-16-23-21-8-3-1-6-19(21)20-7-2-4-9-22(20)23/h1-11,17-18,23,39H,12-16H2. The molecule has 2 heterocycles. The Labute approximate surface area is 226 Å². The minimum absolute atomic E-state index is 0.0300. The predicted octanol–water partition coefficient (Wildman–Crippen LogP) is 7.49. The van der Waals surface area contributed by atoms with E-state index in [0.717, 1.165) is 22.3 Å². The smallest absolute Gasteiger partial charge is 0.416 e. The highest BCUT2D eigenvalue weighted by atomic mass is 19.4. The van der Waals surface area contributed by atoms with Crippen molar-refractivity contribution < 1.29 is 41.0 Å². The van der Waals surface area contributed by atoms with Gasteiger partial charge in [-0.05, 0) is 47.2 Å². The summed E-state index contributed by atoms with van der Waals surface area (Å²) in [4.78, 5) is 14.7. The zero-order valence-electron chi connectivity index (χ0n) is 21.1. The van der Waals surface area contributed by atoms with Gasteiger partial charge in [0.1, 0.15) is 6.61 Å². The lowest BCUT2D eigenvalue weighted by molar-refractivity contribution is -0.152. The molecule has 3 aromatic rings. The number of carbonyl (C=O) groups excluding carboxylic acids is 1. The first kappa shape index (κ1) is 26.7. The van der Waals surface area contributed by atoms with E-state index in [1.54, 1.807) is 0 Å². The molecule has 4 nitrogen and oxygen atoms in total. The molecular weight excluding hydrogens is 536 g/mol. The van der Waals surface area contributed by atoms with Gasteiger partial charge in [0.25, 0.3) is 0 Å². The molecule has 2 aliphatic heterocycles. The summed E-state index contributed by atoms with van der Waals surface area (Å²) >= 11 is 0. The normalized spacial score (nSPS) is 24.1. The van der Waals surface area contributed by atoms with Crippen molar-refractivity contribution in [2.45, 2.75) is 61.6 Å². The van der Waals surface area contributed by atoms with Crippen molar-refractivity contribution in [3.63, 3.8) is 0 Å². The Bertz CT molecular complexity index is 1370. The molecule has 10 heteroatoms. The molecular formula is C30H25F6NO3. The summed E-state index contributed by atoms with van der Waals surface area (Å²) in [5.74, 6) is -0.205. The minimum atomic E-state index is -5.10. The number of amides is 1. The first-order valence-corrected chi connectivity index (χ1v) is 13.0. The molecule has 1 amide bonds. The van der Waals surface area contributed by atoms with Crippen molar-refractivity contribution >= 4 is 6.09 Å². The van der Waals surface area contributed by atoms with Crippen molar-refractivity contribution in [2.75, 3.05) is 6.61 Å². The second-order valence-electron chi connectivity index (χ2n) is 10.8. The molecule has 1 N–H and O–H groups in total. The molecule has 2 fully saturated rings. The molecule has 6 rings (SSSR count). The quantitative estimate of drug-likeness (QED) is 0.337. The van der Waals surface area contributed by atoms with Crippen LogP contribution in [0.4, 0.5) is 31.1 Å². The number of hydrogen-bond donors (Lipinski definition) is 1. The molecule has 0 saturated carbocycles. The summed E-state index contributed by atoms with van der Waals surface area (Å²) in [7, 11) is 0. The van der Waals surface area contributed by atoms with Gasteiger partial charge in [-0.15, -0.1) is 0 Å². The van der Waals surface area contributed by atoms with Crippen LogP contribution in [0.25, 0.3) is 11.1 Å². The predicted molar refractivity (Wildman–Crippen MR) is 133 cm³/mol. The molecule has 3 aliphatic rings. The Morgan fingerprint density at radius 2 is 1.27 bits per heavy atom. The van der Waals surface area contributed by atoms with Crippen LogP contribution in [0.1, 0.15) is 59.4 Å². The van der Waals surface area contributed by atoms with Crippen LogP contribution in [-0.4, -0.2) is 34.8 Å². The van der Waals surface area contributed by atoms with E-state index in [2.05, 4.69) is 0 Å². The molecule has 3 aromatic carbocycles. The van der Waals surface area contributed by atoms with E-state index in [4.69, 9.17) is 4.74 Å². The van der Waals surface area contributed by atoms with Gasteiger partial charge in [-0.3, -0.25) is 0 Å². The second kappa shape index (κ2) is 9.26. The summed E-state index contributed by atoms with van der Waals surface area (Å²) in [6.07, 6.45) is -11.1. The fourth-order valence-electron chi connectivity index (χ4n) is 6.92. The Kier molecular flexibility index (Phi) is 6.18. The average molecular weight is 562 g/mol. The van der Waals surface area contributed by atoms with Gasteiger partial charge in [0.2, 0.25) is 0 Å². The van der Waals surface area contributed by atoms with Gasteiger partial charge in [0.15, 0.2) is 0 Å². The molecule has 2 saturated heterocycles. The maximum atomic E-state index is 13.9. The molecule has 1 aliphatic carbocycles. The summed E-state index contributed by atoms with van der Waals surface area (Å²) in [5, 5.41) is 11.5. The van der Waals surface area contributed by atoms with Crippen molar-refractivity contribution in [1.29, 1.82) is 0 Å². The fourth-order valence-corrected chi connectivity index (χ4v) is 6.92. The first-order chi connectivity index (χ1) is 18.9. The van der Waals surface area contributed by atoms with Crippen LogP contribution in [0.3, 0.4) is 0 Å². The molecule has 0 aromatic heterocycles. The lowest BCUT2D eigenvalue weighted by Gasteiger charge is -2.44. The zero-order valence-corrected chi connectivity index (χ0v) is 21.1. The summed E-state index contributed by atoms with van der Waals surface area (Å²) in [6.45, 7) is 0.0300. The molecule has 40 heavy (non-hydrogen) atoms. The number of rotatable bonds is 3. The van der Waals surface area contributed by atoms with Crippen molar-refractivity contribution in [3.05, 3.63) is 94.5 Å². The van der Waals surface area contributed by atoms with Gasteiger partial charge in [-0.2, -0.15) is 26.3 Å². The first-order valence-electron chi connectivity index (χ1n) is 13.0. The van der Waals surface area contributed by atoms with E-state index in [-0.39, 0.29) is 12.5 Å². The fraction of sp³-hybridized carbons (Fsp3) is 0.367. The molecule has 2 atom stereocenters. The number of ether oxygens (including phenoxy) is 1. The maximum absolute atomic E-state index is 13.9. The molecule has 210 valence electrons. The lowest BCUT2D eigenvalue weighted by atomic mass is 9.76. The van der Waals surface area contributed by atoms with E-state index in [0.29, 0.717) is 31.0 Å². The van der Waals surface area contributed by atoms with E-state index < -0.39 is 65.7 Å². The maximum Gasteiger partial charge on any atom is 0.416 e. The molecule has 2 unspecified atom stereocenters. The van der Waals surface area contributed by atoms with Gasteiger partial charge < -0.3 is 14.7 Å². The highest BCUT2D eigenvalue weighted by molar-refractivity contribution is 5.79. The number of alkyl halides is 6. The molecule has 2 bridgehead atoms. The van der Waals surface area contributed by atoms with Crippen LogP contribution in [0.15, 0.2) is 66.7 Å². The van der Waals surface area contributed by atoms with Crippen LogP contribution in [-0.2, 0) is 22.7 Å². The highest BCUT2D eigenvalue weighted by Gasteiger charge is 2.55. The Morgan fingerprint density at radius 1 is 0.800 bits per heavy atom. The Hall–Kier alpha value is -3.53. The van der Waals surface area contributed by atoms with Gasteiger partial charge in [-0.25, -0.2) is 4.79 Å². The van der Waals surface area contributed by atoms with E-state index in [1.807, 2.05) is 48.5 Å². The molecule has 0 radical (unpaired) electrons. The summed E-state index contributed by atoms with van der Waals surface area (Å²) < 4.78 is 88.9. The summed E-state index contributed by atoms with van der Waals surface area (Å²) in [6, 6.07) is 15.9. The largest absolute Gasteiger partial charge is 0.448 e. The summed E-state index contributed by atoms with van der Waals surface area (Å²) in [5.41, 5.74) is -2.50. The van der Waals surface area contributed by atoms with E-state index in [9.17, 15) is 36.2 Å². The number of hydrogen-bond acceptors (Lipinski definition) is 3. The number of piperidine rings is 1. The average Bonchev–Trinajstić information content (AvgIpc) is 3.38. The van der Waals surface area contributed by atoms with Crippen LogP contribution in [0, 0.1) is 0 Å². The van der Waals surface area contributed by atoms with E-state index >= 15 is 0 Å². The minimum Gasteiger partial charge on any atom is -0.448 e. The second-order valence-corrected chi connectivity index (χ2v) is 10.8. The number of benzene rings is 3. The third-order valence-electron chi connectivity index (χ3n) is 8.45. The third kappa shape index (κ3) is 4.33. The number of nitrogens with zero attached hydrogens (tertiary/aromatic N) is 1. The number of aliphatic hydroxyl groups is 1. The van der Waals surface area contributed by atoms with Crippen molar-refractivity contribution in [1.82, 2.24) is 4.90 Å². The Morgan fingerprint density at radius 3 is 1.75 bits per heavy atom. The molecule has 0 spiro atoms. The SMILES string of the molecule is O=C(OCC1c2ccccc2-c2ccccc21)N1C2CCC1CC(O)(c1c(C(F)(F)F)cccc1C(F)(F)F)C2. The van der Waals surface area contributed by atoms with E-state index in [1.165, 1.54) is 4.90 Å². The van der Waals surface area contributed by atoms with Crippen molar-refractivity contribution in [3.8, 4) is 11.1 Å². The topological polar surface area (TPSA) is 49.8 Å². The Balaban J connectivity index is 1.25. The zero-order chi connectivity index (χ0) is 28.4. The number of halogens is 6. The number of carbonyl (C=O) groups is 1. The number of fused-ring (bicyclic) bond motifs is 5. The van der Waals surface area contributed by atoms with Crippen LogP contribution < -0.4 is 0 Å². The van der Waals surface area contributed by atoms with Gasteiger partial charge in [0.05, 0.1) is 16.7 Å². The van der Waals surface area contributed by atoms with Gasteiger partial charge in [-0.1, -0.05) is 54.6 Å². The highest BCUT2D eigenvalue weighted by Crippen LogP contribution is 2.52.